The van der Waals surface area contributed by atoms with Crippen molar-refractivity contribution in [1.82, 2.24) is 14.9 Å². The van der Waals surface area contributed by atoms with Crippen LogP contribution >= 0.6 is 34.0 Å². The first-order valence-electron chi connectivity index (χ1n) is 19.8. The molecule has 6 aromatic rings. The third-order valence-corrected chi connectivity index (χ3v) is 16.7. The molecule has 0 saturated heterocycles. The fraction of sp³-hybridized carbons (Fsp3) is 0.378. The van der Waals surface area contributed by atoms with Gasteiger partial charge >= 0.3 is 63.3 Å². The Morgan fingerprint density at radius 3 is 1.55 bits per heavy atom. The van der Waals surface area contributed by atoms with Crippen molar-refractivity contribution in [1.29, 1.82) is 0 Å². The minimum Gasteiger partial charge on any atom is -0.850 e. The molecule has 4 heterocycles. The molecular weight excluding hydrogens is 884 g/mol. The van der Waals surface area contributed by atoms with Crippen molar-refractivity contribution in [2.45, 2.75) is 98.8 Å². The average molecular weight is 947 g/mol. The van der Waals surface area contributed by atoms with E-state index in [9.17, 15) is 14.7 Å². The second-order valence-electron chi connectivity index (χ2n) is 15.4. The number of rotatable bonds is 10. The van der Waals surface area contributed by atoms with Gasteiger partial charge in [-0.05, 0) is 73.6 Å². The zero-order valence-electron chi connectivity index (χ0n) is 38.3. The SMILES string of the molecule is CC(C)(C)[O-].CCc1csc(C(=O)OC)c1.CCc1csc(C(=O)OC)c1N.CCc1csc(CO[Si](c2ccccc2)(c2ccccc2)C(C)(C)C)c1N.Nn1cnnc1.[K+]. The van der Waals surface area contributed by atoms with Crippen LogP contribution in [0.15, 0.2) is 95.5 Å². The molecule has 332 valence electrons. The molecule has 0 aliphatic carbocycles. The van der Waals surface area contributed by atoms with Gasteiger partial charge in [-0.25, -0.2) is 14.3 Å². The fourth-order valence-electron chi connectivity index (χ4n) is 5.67. The van der Waals surface area contributed by atoms with Crippen LogP contribution in [0.25, 0.3) is 0 Å². The van der Waals surface area contributed by atoms with Gasteiger partial charge in [0, 0.05) is 0 Å². The Morgan fingerprint density at radius 1 is 0.726 bits per heavy atom. The average Bonchev–Trinajstić information content (AvgIpc) is 4.06. The van der Waals surface area contributed by atoms with E-state index in [2.05, 4.69) is 120 Å². The van der Waals surface area contributed by atoms with E-state index in [4.69, 9.17) is 21.7 Å². The molecule has 0 atom stereocenters. The minimum atomic E-state index is -2.50. The molecule has 0 saturated carbocycles. The summed E-state index contributed by atoms with van der Waals surface area (Å²) in [5.74, 6) is 4.48. The minimum absolute atomic E-state index is 0. The van der Waals surface area contributed by atoms with E-state index in [0.29, 0.717) is 22.0 Å². The van der Waals surface area contributed by atoms with Crippen molar-refractivity contribution in [2.75, 3.05) is 31.5 Å². The molecule has 12 nitrogen and oxygen atoms in total. The first kappa shape index (κ1) is 56.8. The number of benzene rings is 2. The van der Waals surface area contributed by atoms with Crippen molar-refractivity contribution < 1.29 is 80.0 Å². The van der Waals surface area contributed by atoms with Crippen molar-refractivity contribution in [3.05, 3.63) is 127 Å². The van der Waals surface area contributed by atoms with Crippen LogP contribution < -0.4 is 84.2 Å². The zero-order valence-corrected chi connectivity index (χ0v) is 44.9. The Kier molecular flexibility index (Phi) is 25.5. The Labute approximate surface area is 423 Å². The van der Waals surface area contributed by atoms with Gasteiger partial charge in [-0.1, -0.05) is 123 Å². The number of aromatic nitrogens is 3. The summed E-state index contributed by atoms with van der Waals surface area (Å²) in [6.07, 6.45) is 5.61. The van der Waals surface area contributed by atoms with Gasteiger partial charge in [-0.3, -0.25) is 0 Å². The Morgan fingerprint density at radius 2 is 1.19 bits per heavy atom. The predicted octanol–water partition coefficient (Wildman–Crippen LogP) is 4.89. The van der Waals surface area contributed by atoms with Gasteiger partial charge in [0.2, 0.25) is 0 Å². The maximum atomic E-state index is 11.1. The van der Waals surface area contributed by atoms with E-state index < -0.39 is 13.9 Å². The summed E-state index contributed by atoms with van der Waals surface area (Å²) in [6.45, 7) is 18.6. The summed E-state index contributed by atoms with van der Waals surface area (Å²) < 4.78 is 17.4. The number of aryl methyl sites for hydroxylation is 3. The number of anilines is 2. The molecule has 0 radical (unpaired) electrons. The second-order valence-corrected chi connectivity index (χ2v) is 22.5. The Hall–Kier alpha value is -3.21. The van der Waals surface area contributed by atoms with E-state index >= 15 is 0 Å². The van der Waals surface area contributed by atoms with Crippen LogP contribution in [0.1, 0.15) is 103 Å². The number of methoxy groups -OCH3 is 2. The summed E-state index contributed by atoms with van der Waals surface area (Å²) in [5.41, 5.74) is 16.2. The molecule has 6 N–H and O–H groups in total. The van der Waals surface area contributed by atoms with Gasteiger partial charge in [0.15, 0.2) is 0 Å². The number of nitrogen functional groups attached to an aromatic ring is 3. The number of thiophene rings is 3. The van der Waals surface area contributed by atoms with Crippen LogP contribution in [0.2, 0.25) is 5.04 Å². The number of carbonyl (C=O) groups excluding carboxylic acids is 2. The monoisotopic (exact) mass is 946 g/mol. The van der Waals surface area contributed by atoms with Crippen molar-refractivity contribution in [3.63, 3.8) is 0 Å². The van der Waals surface area contributed by atoms with E-state index in [1.807, 2.05) is 23.8 Å². The van der Waals surface area contributed by atoms with Crippen LogP contribution in [0.3, 0.4) is 0 Å². The van der Waals surface area contributed by atoms with Gasteiger partial charge in [0.25, 0.3) is 8.32 Å². The largest absolute Gasteiger partial charge is 1.00 e. The number of hydrogen-bond donors (Lipinski definition) is 3. The number of hydrogen-bond acceptors (Lipinski definition) is 14. The molecule has 17 heteroatoms. The van der Waals surface area contributed by atoms with Gasteiger partial charge in [0.05, 0.1) is 37.1 Å². The molecule has 0 unspecified atom stereocenters. The molecule has 0 aliphatic heterocycles. The van der Waals surface area contributed by atoms with Crippen LogP contribution in [0.4, 0.5) is 11.4 Å². The maximum absolute atomic E-state index is 11.1. The molecule has 2 aromatic carbocycles. The summed E-state index contributed by atoms with van der Waals surface area (Å²) in [6, 6.07) is 23.4. The van der Waals surface area contributed by atoms with Crippen molar-refractivity contribution in [2.24, 2.45) is 0 Å². The molecule has 62 heavy (non-hydrogen) atoms. The molecule has 0 bridgehead atoms. The fourth-order valence-corrected chi connectivity index (χ4v) is 13.2. The number of ether oxygens (including phenoxy) is 2. The van der Waals surface area contributed by atoms with Crippen LogP contribution in [0, 0.1) is 0 Å². The molecule has 0 amide bonds. The standard InChI is InChI=1S/C23H29NOSSi.C8H11NO2S.C8H10O2S.C4H9O.C2H4N4.K/c1-5-18-17-26-21(22(18)24)16-25-27(23(2,3)4,19-12-8-6-9-13-19)20-14-10-7-11-15-20;1-3-5-4-12-7(6(5)9)8(10)11-2;1-3-6-4-7(11-5-6)8(9)10-2;1-4(2,3)5;3-6-1-4-5-2-6;/h6-15,17H,5,16,24H2,1-4H3;4H,3,9H2,1-2H3;4-5H,3H2,1-2H3;1-3H3;1-2H,3H2;/q;;;-1;;+1. The summed E-state index contributed by atoms with van der Waals surface area (Å²) in [7, 11) is 0.246. The van der Waals surface area contributed by atoms with Gasteiger partial charge in [-0.2, -0.15) is 0 Å². The zero-order chi connectivity index (χ0) is 45.8. The number of carbonyl (C=O) groups is 2. The smallest absolute Gasteiger partial charge is 0.850 e. The van der Waals surface area contributed by atoms with Gasteiger partial charge < -0.3 is 36.3 Å². The van der Waals surface area contributed by atoms with E-state index in [-0.39, 0.29) is 68.4 Å². The Bertz CT molecular complexity index is 2120. The first-order chi connectivity index (χ1) is 28.8. The topological polar surface area (TPSA) is 194 Å². The summed E-state index contributed by atoms with van der Waals surface area (Å²) in [4.78, 5) is 24.3. The Balaban J connectivity index is 0.000000453. The number of nitrogens with two attached hydrogens (primary N) is 3. The predicted molar refractivity (Wildman–Crippen MR) is 255 cm³/mol. The normalized spacial score (nSPS) is 10.8. The van der Waals surface area contributed by atoms with E-state index in [1.54, 1.807) is 32.1 Å². The third-order valence-electron chi connectivity index (χ3n) is 8.75. The third kappa shape index (κ3) is 17.8. The van der Waals surface area contributed by atoms with Crippen molar-refractivity contribution >= 4 is 76.0 Å². The summed E-state index contributed by atoms with van der Waals surface area (Å²) in [5, 5.41) is 25.5. The van der Waals surface area contributed by atoms with Crippen LogP contribution in [-0.2, 0) is 39.8 Å². The molecule has 0 spiro atoms. The van der Waals surface area contributed by atoms with Gasteiger partial charge in [0.1, 0.15) is 22.4 Å². The van der Waals surface area contributed by atoms with Crippen molar-refractivity contribution in [3.8, 4) is 0 Å². The van der Waals surface area contributed by atoms with E-state index in [1.165, 1.54) is 75.7 Å². The maximum Gasteiger partial charge on any atom is 1.00 e. The number of esters is 2. The second kappa shape index (κ2) is 27.9. The molecule has 0 aliphatic rings. The van der Waals surface area contributed by atoms with Crippen LogP contribution in [0.5, 0.6) is 0 Å². The van der Waals surface area contributed by atoms with Gasteiger partial charge in [-0.15, -0.1) is 49.8 Å². The van der Waals surface area contributed by atoms with E-state index in [0.717, 1.165) is 35.4 Å². The molecular formula is C45H63KN6O6S3Si. The van der Waals surface area contributed by atoms with Crippen LogP contribution in [-0.4, -0.2) is 55.0 Å². The quantitative estimate of drug-likeness (QED) is 0.0963. The summed E-state index contributed by atoms with van der Waals surface area (Å²) >= 11 is 4.48. The molecule has 6 rings (SSSR count). The number of nitrogens with zero attached hydrogens (tertiary/aromatic N) is 3. The first-order valence-corrected chi connectivity index (χ1v) is 24.3. The molecule has 0 fully saturated rings. The molecule has 4 aromatic heterocycles.